The van der Waals surface area contributed by atoms with E-state index in [9.17, 15) is 21.4 Å². The summed E-state index contributed by atoms with van der Waals surface area (Å²) in [6.45, 7) is 1.76. The lowest BCUT2D eigenvalue weighted by molar-refractivity contribution is 0.330. The molecule has 0 N–H and O–H groups in total. The highest BCUT2D eigenvalue weighted by Gasteiger charge is 2.19. The zero-order chi connectivity index (χ0) is 12.4. The zero-order valence-electron chi connectivity index (χ0n) is 8.28. The maximum absolute atomic E-state index is 11.4. The van der Waals surface area contributed by atoms with Crippen LogP contribution in [0.5, 0.6) is 0 Å². The van der Waals surface area contributed by atoms with Gasteiger partial charge in [0.25, 0.3) is 10.1 Å². The van der Waals surface area contributed by atoms with Gasteiger partial charge in [0.1, 0.15) is 0 Å². The lowest BCUT2D eigenvalue weighted by Gasteiger charge is -2.03. The molecule has 1 radical (unpaired) electrons. The summed E-state index contributed by atoms with van der Waals surface area (Å²) in [4.78, 5) is -0.193. The van der Waals surface area contributed by atoms with E-state index in [4.69, 9.17) is 0 Å². The van der Waals surface area contributed by atoms with Crippen molar-refractivity contribution in [1.82, 2.24) is 0 Å². The number of aryl methyl sites for hydroxylation is 1. The molecule has 1 aromatic rings. The minimum absolute atomic E-state index is 0.193. The highest BCUT2D eigenvalue weighted by molar-refractivity contribution is 7.89. The average molecular weight is 265 g/mol. The van der Waals surface area contributed by atoms with Crippen LogP contribution in [0.4, 0.5) is 0 Å². The molecule has 1 aromatic carbocycles. The topological polar surface area (TPSA) is 97.4 Å². The van der Waals surface area contributed by atoms with Crippen molar-refractivity contribution in [3.8, 4) is 0 Å². The van der Waals surface area contributed by atoms with Crippen LogP contribution in [0.1, 0.15) is 5.56 Å². The van der Waals surface area contributed by atoms with Crippen LogP contribution < -0.4 is 0 Å². The molecule has 1 rings (SSSR count). The fourth-order valence-corrected chi connectivity index (χ4v) is 2.48. The SMILES string of the molecule is Cc1ccc(S(=O)(=O)OCS([O])(=O)=O)cc1. The van der Waals surface area contributed by atoms with Gasteiger partial charge in [0.2, 0.25) is 0 Å². The fourth-order valence-electron chi connectivity index (χ4n) is 0.895. The van der Waals surface area contributed by atoms with Crippen molar-refractivity contribution in [2.24, 2.45) is 0 Å². The Morgan fingerprint density at radius 1 is 1.06 bits per heavy atom. The molecule has 0 bridgehead atoms. The lowest BCUT2D eigenvalue weighted by atomic mass is 10.2. The smallest absolute Gasteiger partial charge is 0.247 e. The second kappa shape index (κ2) is 4.50. The number of rotatable bonds is 4. The van der Waals surface area contributed by atoms with E-state index in [0.717, 1.165) is 5.56 Å². The monoisotopic (exact) mass is 265 g/mol. The van der Waals surface area contributed by atoms with Crippen LogP contribution in [0.2, 0.25) is 0 Å². The van der Waals surface area contributed by atoms with Crippen molar-refractivity contribution < 1.29 is 25.6 Å². The molecule has 0 spiro atoms. The van der Waals surface area contributed by atoms with Crippen molar-refractivity contribution >= 4 is 20.2 Å². The fraction of sp³-hybridized carbons (Fsp3) is 0.250. The second-order valence-corrected chi connectivity index (χ2v) is 6.03. The van der Waals surface area contributed by atoms with Gasteiger partial charge >= 0.3 is 10.1 Å². The van der Waals surface area contributed by atoms with Gasteiger partial charge in [-0.25, -0.2) is 4.18 Å². The Bertz CT molecular complexity index is 555. The second-order valence-electron chi connectivity index (χ2n) is 3.06. The van der Waals surface area contributed by atoms with Gasteiger partial charge in [-0.15, -0.1) is 0 Å². The van der Waals surface area contributed by atoms with Gasteiger partial charge < -0.3 is 0 Å². The number of benzene rings is 1. The molecule has 0 aromatic heterocycles. The van der Waals surface area contributed by atoms with Crippen LogP contribution in [0.15, 0.2) is 29.2 Å². The Labute approximate surface area is 93.7 Å². The standard InChI is InChI=1S/C8H9O6S2/c1-7-2-4-8(5-3-7)16(12,13)14-6-15(9,10)11/h2-5H,6H2,1H3. The molecule has 0 heterocycles. The van der Waals surface area contributed by atoms with Gasteiger partial charge in [-0.2, -0.15) is 16.8 Å². The van der Waals surface area contributed by atoms with E-state index in [1.165, 1.54) is 24.3 Å². The Balaban J connectivity index is 2.91. The first-order valence-electron chi connectivity index (χ1n) is 4.10. The molecule has 0 aliphatic carbocycles. The van der Waals surface area contributed by atoms with Crippen molar-refractivity contribution in [2.45, 2.75) is 11.8 Å². The van der Waals surface area contributed by atoms with Crippen molar-refractivity contribution in [2.75, 3.05) is 5.94 Å². The Hall–Kier alpha value is -0.960. The molecule has 0 aliphatic rings. The lowest BCUT2D eigenvalue weighted by Crippen LogP contribution is -2.13. The summed E-state index contributed by atoms with van der Waals surface area (Å²) < 4.78 is 57.5. The Morgan fingerprint density at radius 3 is 2.00 bits per heavy atom. The molecule has 8 heteroatoms. The molecule has 0 saturated carbocycles. The summed E-state index contributed by atoms with van der Waals surface area (Å²) in [7, 11) is -8.91. The normalized spacial score (nSPS) is 12.6. The van der Waals surface area contributed by atoms with Gasteiger partial charge in [0.05, 0.1) is 4.90 Å². The van der Waals surface area contributed by atoms with E-state index in [0.29, 0.717) is 0 Å². The molecule has 89 valence electrons. The van der Waals surface area contributed by atoms with Crippen molar-refractivity contribution in [3.05, 3.63) is 29.8 Å². The Morgan fingerprint density at radius 2 is 1.56 bits per heavy atom. The van der Waals surface area contributed by atoms with Gasteiger partial charge in [-0.05, 0) is 19.1 Å². The van der Waals surface area contributed by atoms with Crippen LogP contribution in [0, 0.1) is 6.92 Å². The minimum atomic E-state index is -4.72. The van der Waals surface area contributed by atoms with Gasteiger partial charge in [-0.3, -0.25) is 0 Å². The number of hydrogen-bond donors (Lipinski definition) is 0. The quantitative estimate of drug-likeness (QED) is 0.735. The highest BCUT2D eigenvalue weighted by atomic mass is 32.2. The van der Waals surface area contributed by atoms with Crippen LogP contribution in [0.3, 0.4) is 0 Å². The van der Waals surface area contributed by atoms with E-state index in [2.05, 4.69) is 4.18 Å². The van der Waals surface area contributed by atoms with Gasteiger partial charge in [0.15, 0.2) is 5.94 Å². The molecule has 0 saturated heterocycles. The summed E-state index contributed by atoms with van der Waals surface area (Å²) in [6.07, 6.45) is 0. The first-order chi connectivity index (χ1) is 7.21. The maximum Gasteiger partial charge on any atom is 0.320 e. The maximum atomic E-state index is 11.4. The highest BCUT2D eigenvalue weighted by Crippen LogP contribution is 2.13. The summed E-state index contributed by atoms with van der Waals surface area (Å²) in [5.74, 6) is -1.40. The zero-order valence-corrected chi connectivity index (χ0v) is 9.92. The molecule has 0 fully saturated rings. The predicted octanol–water partition coefficient (Wildman–Crippen LogP) is 0.418. The van der Waals surface area contributed by atoms with E-state index < -0.39 is 26.2 Å². The molecule has 0 unspecified atom stereocenters. The van der Waals surface area contributed by atoms with Crippen LogP contribution in [0.25, 0.3) is 0 Å². The third kappa shape index (κ3) is 3.89. The average Bonchev–Trinajstić information content (AvgIpc) is 2.15. The third-order valence-electron chi connectivity index (χ3n) is 1.66. The van der Waals surface area contributed by atoms with Gasteiger partial charge in [0, 0.05) is 0 Å². The van der Waals surface area contributed by atoms with Gasteiger partial charge in [-0.1, -0.05) is 22.2 Å². The molecule has 0 atom stereocenters. The first kappa shape index (κ1) is 13.1. The molecular weight excluding hydrogens is 256 g/mol. The first-order valence-corrected chi connectivity index (χ1v) is 7.09. The van der Waals surface area contributed by atoms with E-state index in [1.54, 1.807) is 6.92 Å². The summed E-state index contributed by atoms with van der Waals surface area (Å²) in [5, 5.41) is 0. The van der Waals surface area contributed by atoms with Crippen molar-refractivity contribution in [1.29, 1.82) is 0 Å². The summed E-state index contributed by atoms with van der Waals surface area (Å²) in [5.41, 5.74) is 0.843. The molecule has 0 aliphatic heterocycles. The van der Waals surface area contributed by atoms with E-state index >= 15 is 0 Å². The molecule has 16 heavy (non-hydrogen) atoms. The largest absolute Gasteiger partial charge is 0.320 e. The molecule has 6 nitrogen and oxygen atoms in total. The molecular formula is C8H9O6S2. The van der Waals surface area contributed by atoms with E-state index in [1.807, 2.05) is 0 Å². The minimum Gasteiger partial charge on any atom is -0.247 e. The molecule has 0 amide bonds. The van der Waals surface area contributed by atoms with Crippen molar-refractivity contribution in [3.63, 3.8) is 0 Å². The van der Waals surface area contributed by atoms with Crippen LogP contribution in [-0.2, 0) is 29.0 Å². The number of hydrogen-bond acceptors (Lipinski definition) is 5. The predicted molar refractivity (Wildman–Crippen MR) is 53.9 cm³/mol. The third-order valence-corrected chi connectivity index (χ3v) is 3.49. The van der Waals surface area contributed by atoms with Crippen LogP contribution in [-0.4, -0.2) is 22.8 Å². The van der Waals surface area contributed by atoms with E-state index in [-0.39, 0.29) is 4.90 Å². The van der Waals surface area contributed by atoms with Crippen LogP contribution >= 0.6 is 0 Å². The Kier molecular flexibility index (Phi) is 3.68. The summed E-state index contributed by atoms with van der Waals surface area (Å²) in [6, 6.07) is 5.59. The summed E-state index contributed by atoms with van der Waals surface area (Å²) >= 11 is 0.